The van der Waals surface area contributed by atoms with E-state index in [4.69, 9.17) is 28.9 Å². The van der Waals surface area contributed by atoms with Gasteiger partial charge in [-0.15, -0.1) is 0 Å². The monoisotopic (exact) mass is 293 g/mol. The number of anilines is 2. The highest BCUT2D eigenvalue weighted by molar-refractivity contribution is 6.36. The fourth-order valence-corrected chi connectivity index (χ4v) is 1.96. The number of halogens is 2. The van der Waals surface area contributed by atoms with Gasteiger partial charge in [0, 0.05) is 10.7 Å². The van der Waals surface area contributed by atoms with Gasteiger partial charge in [0.25, 0.3) is 0 Å². The summed E-state index contributed by atoms with van der Waals surface area (Å²) in [6.45, 7) is 1.91. The Morgan fingerprint density at radius 2 is 1.79 bits per heavy atom. The predicted octanol–water partition coefficient (Wildman–Crippen LogP) is 4.41. The van der Waals surface area contributed by atoms with Crippen molar-refractivity contribution >= 4 is 40.3 Å². The molecule has 0 bridgehead atoms. The van der Waals surface area contributed by atoms with E-state index in [2.05, 4.69) is 10.5 Å². The van der Waals surface area contributed by atoms with E-state index >= 15 is 0 Å². The Bertz CT molecular complexity index is 607. The zero-order chi connectivity index (χ0) is 13.8. The smallest absolute Gasteiger partial charge is 0.0749 e. The van der Waals surface area contributed by atoms with Crippen molar-refractivity contribution in [1.29, 1.82) is 0 Å². The van der Waals surface area contributed by atoms with E-state index in [9.17, 15) is 0 Å². The number of nitrogen functional groups attached to an aromatic ring is 1. The van der Waals surface area contributed by atoms with E-state index in [0.717, 1.165) is 17.0 Å². The minimum atomic E-state index is 0.529. The van der Waals surface area contributed by atoms with Crippen molar-refractivity contribution in [3.63, 3.8) is 0 Å². The van der Waals surface area contributed by atoms with Crippen molar-refractivity contribution in [2.24, 2.45) is 5.10 Å². The van der Waals surface area contributed by atoms with Gasteiger partial charge in [0.2, 0.25) is 0 Å². The second-order valence-electron chi connectivity index (χ2n) is 4.06. The second kappa shape index (κ2) is 5.95. The lowest BCUT2D eigenvalue weighted by Crippen LogP contribution is -2.00. The van der Waals surface area contributed by atoms with Crippen molar-refractivity contribution in [2.45, 2.75) is 6.92 Å². The van der Waals surface area contributed by atoms with Crippen LogP contribution < -0.4 is 11.2 Å². The zero-order valence-corrected chi connectivity index (χ0v) is 11.8. The second-order valence-corrected chi connectivity index (χ2v) is 4.90. The van der Waals surface area contributed by atoms with Crippen LogP contribution in [-0.2, 0) is 0 Å². The first-order chi connectivity index (χ1) is 9.06. The summed E-state index contributed by atoms with van der Waals surface area (Å²) < 4.78 is 0. The third kappa shape index (κ3) is 3.63. The molecule has 0 fully saturated rings. The molecule has 3 nitrogen and oxygen atoms in total. The fraction of sp³-hybridized carbons (Fsp3) is 0.0714. The van der Waals surface area contributed by atoms with Crippen LogP contribution in [-0.4, -0.2) is 5.71 Å². The average molecular weight is 294 g/mol. The molecule has 0 aliphatic rings. The Balaban J connectivity index is 2.15. The molecular formula is C14H13Cl2N3. The van der Waals surface area contributed by atoms with Crippen molar-refractivity contribution in [3.05, 3.63) is 58.1 Å². The highest BCUT2D eigenvalue weighted by atomic mass is 35.5. The van der Waals surface area contributed by atoms with Crippen LogP contribution in [0.1, 0.15) is 12.5 Å². The number of nitrogens with one attached hydrogen (secondary N) is 1. The molecule has 19 heavy (non-hydrogen) atoms. The van der Waals surface area contributed by atoms with Crippen molar-refractivity contribution in [1.82, 2.24) is 0 Å². The highest BCUT2D eigenvalue weighted by Crippen LogP contribution is 2.25. The molecule has 2 aromatic rings. The van der Waals surface area contributed by atoms with Gasteiger partial charge in [-0.2, -0.15) is 5.10 Å². The maximum absolute atomic E-state index is 6.05. The minimum absolute atomic E-state index is 0.529. The van der Waals surface area contributed by atoms with Gasteiger partial charge >= 0.3 is 0 Å². The van der Waals surface area contributed by atoms with E-state index in [1.807, 2.05) is 31.2 Å². The van der Waals surface area contributed by atoms with Crippen LogP contribution >= 0.6 is 23.2 Å². The van der Waals surface area contributed by atoms with Crippen LogP contribution in [0.25, 0.3) is 0 Å². The summed E-state index contributed by atoms with van der Waals surface area (Å²) in [6, 6.07) is 12.7. The number of hydrogen-bond donors (Lipinski definition) is 2. The summed E-state index contributed by atoms with van der Waals surface area (Å²) in [5.74, 6) is 0. The van der Waals surface area contributed by atoms with E-state index in [-0.39, 0.29) is 0 Å². The lowest BCUT2D eigenvalue weighted by molar-refractivity contribution is 1.32. The van der Waals surface area contributed by atoms with Crippen LogP contribution in [0.2, 0.25) is 10.0 Å². The Hall–Kier alpha value is -1.71. The largest absolute Gasteiger partial charge is 0.399 e. The van der Waals surface area contributed by atoms with Crippen molar-refractivity contribution in [2.75, 3.05) is 11.2 Å². The molecule has 0 spiro atoms. The Kier molecular flexibility index (Phi) is 4.30. The van der Waals surface area contributed by atoms with Gasteiger partial charge < -0.3 is 5.73 Å². The molecule has 2 rings (SSSR count). The molecule has 3 N–H and O–H groups in total. The summed E-state index contributed by atoms with van der Waals surface area (Å²) in [5.41, 5.74) is 11.8. The number of nitrogens with two attached hydrogens (primary N) is 1. The number of rotatable bonds is 3. The highest BCUT2D eigenvalue weighted by Gasteiger charge is 2.01. The quantitative estimate of drug-likeness (QED) is 0.500. The average Bonchev–Trinajstić information content (AvgIpc) is 2.38. The lowest BCUT2D eigenvalue weighted by Gasteiger charge is -2.06. The van der Waals surface area contributed by atoms with Gasteiger partial charge in [-0.3, -0.25) is 5.43 Å². The van der Waals surface area contributed by atoms with E-state index in [0.29, 0.717) is 15.7 Å². The summed E-state index contributed by atoms with van der Waals surface area (Å²) in [6.07, 6.45) is 0. The van der Waals surface area contributed by atoms with Gasteiger partial charge in [-0.05, 0) is 42.8 Å². The lowest BCUT2D eigenvalue weighted by atomic mass is 10.1. The summed E-state index contributed by atoms with van der Waals surface area (Å²) in [7, 11) is 0. The van der Waals surface area contributed by atoms with Gasteiger partial charge in [0.15, 0.2) is 0 Å². The van der Waals surface area contributed by atoms with Crippen LogP contribution in [0.3, 0.4) is 0 Å². The predicted molar refractivity (Wildman–Crippen MR) is 83.2 cm³/mol. The van der Waals surface area contributed by atoms with E-state index in [1.165, 1.54) is 0 Å². The molecule has 0 atom stereocenters. The Morgan fingerprint density at radius 3 is 2.42 bits per heavy atom. The minimum Gasteiger partial charge on any atom is -0.399 e. The first-order valence-corrected chi connectivity index (χ1v) is 6.43. The van der Waals surface area contributed by atoms with Gasteiger partial charge in [0.1, 0.15) is 0 Å². The molecule has 0 unspecified atom stereocenters. The molecule has 2 aromatic carbocycles. The van der Waals surface area contributed by atoms with Gasteiger partial charge in [-0.1, -0.05) is 35.3 Å². The number of hydrazone groups is 1. The third-order valence-electron chi connectivity index (χ3n) is 2.60. The van der Waals surface area contributed by atoms with E-state index in [1.54, 1.807) is 18.2 Å². The Labute approximate surface area is 122 Å². The molecule has 0 aromatic heterocycles. The summed E-state index contributed by atoms with van der Waals surface area (Å²) in [4.78, 5) is 0. The topological polar surface area (TPSA) is 50.4 Å². The summed E-state index contributed by atoms with van der Waals surface area (Å²) in [5, 5.41) is 5.40. The maximum Gasteiger partial charge on any atom is 0.0749 e. The molecule has 0 saturated carbocycles. The first-order valence-electron chi connectivity index (χ1n) is 5.67. The molecule has 0 aliphatic carbocycles. The first kappa shape index (κ1) is 13.7. The Morgan fingerprint density at radius 1 is 1.11 bits per heavy atom. The van der Waals surface area contributed by atoms with Crippen molar-refractivity contribution < 1.29 is 0 Å². The van der Waals surface area contributed by atoms with Crippen molar-refractivity contribution in [3.8, 4) is 0 Å². The zero-order valence-electron chi connectivity index (χ0n) is 10.3. The van der Waals surface area contributed by atoms with Crippen LogP contribution in [0, 0.1) is 0 Å². The number of hydrogen-bond acceptors (Lipinski definition) is 3. The maximum atomic E-state index is 6.05. The molecule has 98 valence electrons. The number of benzene rings is 2. The number of nitrogens with zero attached hydrogens (tertiary/aromatic N) is 1. The SMILES string of the molecule is C/C(=N/Nc1ccc(Cl)cc1Cl)c1ccc(N)cc1. The standard InChI is InChI=1S/C14H13Cl2N3/c1-9(10-2-5-12(17)6-3-10)18-19-14-7-4-11(15)8-13(14)16/h2-8,19H,17H2,1H3/b18-9-. The normalized spacial score (nSPS) is 11.4. The molecule has 0 heterocycles. The van der Waals surface area contributed by atoms with Gasteiger partial charge in [0.05, 0.1) is 16.4 Å². The molecule has 5 heteroatoms. The van der Waals surface area contributed by atoms with E-state index < -0.39 is 0 Å². The van der Waals surface area contributed by atoms with Crippen LogP contribution in [0.15, 0.2) is 47.6 Å². The van der Waals surface area contributed by atoms with Gasteiger partial charge in [-0.25, -0.2) is 0 Å². The third-order valence-corrected chi connectivity index (χ3v) is 3.15. The van der Waals surface area contributed by atoms with Crippen LogP contribution in [0.5, 0.6) is 0 Å². The van der Waals surface area contributed by atoms with Crippen LogP contribution in [0.4, 0.5) is 11.4 Å². The molecule has 0 aliphatic heterocycles. The summed E-state index contributed by atoms with van der Waals surface area (Å²) >= 11 is 11.9. The molecular weight excluding hydrogens is 281 g/mol. The molecule has 0 saturated heterocycles. The fourth-order valence-electron chi connectivity index (χ4n) is 1.51. The molecule has 0 radical (unpaired) electrons. The molecule has 0 amide bonds.